The number of hydrogen-bond donors (Lipinski definition) is 0. The molecule has 4 heteroatoms. The van der Waals surface area contributed by atoms with Crippen molar-refractivity contribution in [3.63, 3.8) is 0 Å². The van der Waals surface area contributed by atoms with Crippen molar-refractivity contribution in [3.8, 4) is 5.75 Å². The number of thiophene rings is 1. The Kier molecular flexibility index (Phi) is 6.13. The van der Waals surface area contributed by atoms with Crippen LogP contribution in [0.4, 0.5) is 0 Å². The van der Waals surface area contributed by atoms with Gasteiger partial charge in [0.15, 0.2) is 0 Å². The topological polar surface area (TPSA) is 29.5 Å². The van der Waals surface area contributed by atoms with Crippen LogP contribution in [0, 0.1) is 5.92 Å². The second kappa shape index (κ2) is 8.92. The number of carbonyl (C=O) groups excluding carboxylic acids is 1. The first-order chi connectivity index (χ1) is 13.3. The van der Waals surface area contributed by atoms with E-state index < -0.39 is 0 Å². The zero-order chi connectivity index (χ0) is 18.5. The van der Waals surface area contributed by atoms with E-state index in [1.165, 1.54) is 29.7 Å². The van der Waals surface area contributed by atoms with Crippen molar-refractivity contribution in [2.45, 2.75) is 64.0 Å². The fourth-order valence-corrected chi connectivity index (χ4v) is 4.84. The van der Waals surface area contributed by atoms with E-state index in [1.54, 1.807) is 11.3 Å². The summed E-state index contributed by atoms with van der Waals surface area (Å²) >= 11 is 1.77. The predicted octanol–water partition coefficient (Wildman–Crippen LogP) is 5.44. The SMILES string of the molecule is O=C(C1CCC1)N(Cc1cccc(OCCc2cccs2)c1)C1CCCC1. The van der Waals surface area contributed by atoms with Crippen molar-refractivity contribution < 1.29 is 9.53 Å². The highest BCUT2D eigenvalue weighted by Gasteiger charge is 2.34. The molecular weight excluding hydrogens is 354 g/mol. The van der Waals surface area contributed by atoms with Gasteiger partial charge in [-0.1, -0.05) is 37.5 Å². The molecule has 27 heavy (non-hydrogen) atoms. The lowest BCUT2D eigenvalue weighted by atomic mass is 9.84. The molecule has 1 heterocycles. The Balaban J connectivity index is 1.39. The molecule has 2 saturated carbocycles. The van der Waals surface area contributed by atoms with Crippen molar-refractivity contribution in [3.05, 3.63) is 52.2 Å². The molecule has 1 amide bonds. The number of benzene rings is 1. The fourth-order valence-electron chi connectivity index (χ4n) is 4.15. The third-order valence-corrected chi connectivity index (χ3v) is 6.89. The minimum Gasteiger partial charge on any atom is -0.493 e. The first-order valence-corrected chi connectivity index (χ1v) is 11.2. The molecule has 0 bridgehead atoms. The normalized spacial score (nSPS) is 17.6. The lowest BCUT2D eigenvalue weighted by Crippen LogP contribution is -2.43. The van der Waals surface area contributed by atoms with Crippen LogP contribution in [0.1, 0.15) is 55.4 Å². The Hall–Kier alpha value is -1.81. The summed E-state index contributed by atoms with van der Waals surface area (Å²) in [5.41, 5.74) is 1.18. The summed E-state index contributed by atoms with van der Waals surface area (Å²) in [6, 6.07) is 13.0. The summed E-state index contributed by atoms with van der Waals surface area (Å²) in [5, 5.41) is 2.10. The number of ether oxygens (including phenoxy) is 1. The standard InChI is InChI=1S/C23H29NO2S/c25-23(19-7-4-8-19)24(20-9-1-2-10-20)17-18-6-3-11-21(16-18)26-14-13-22-12-5-15-27-22/h3,5-6,11-12,15-16,19-20H,1-2,4,7-10,13-14,17H2. The Bertz CT molecular complexity index is 733. The van der Waals surface area contributed by atoms with E-state index in [0.29, 0.717) is 18.6 Å². The van der Waals surface area contributed by atoms with E-state index >= 15 is 0 Å². The van der Waals surface area contributed by atoms with Crippen LogP contribution in [0.2, 0.25) is 0 Å². The van der Waals surface area contributed by atoms with Crippen LogP contribution in [0.15, 0.2) is 41.8 Å². The van der Waals surface area contributed by atoms with Crippen molar-refractivity contribution in [1.82, 2.24) is 4.90 Å². The molecule has 0 radical (unpaired) electrons. The molecule has 2 fully saturated rings. The van der Waals surface area contributed by atoms with E-state index in [1.807, 2.05) is 6.07 Å². The predicted molar refractivity (Wildman–Crippen MR) is 110 cm³/mol. The van der Waals surface area contributed by atoms with Crippen LogP contribution < -0.4 is 4.74 Å². The van der Waals surface area contributed by atoms with Crippen LogP contribution in [-0.4, -0.2) is 23.5 Å². The smallest absolute Gasteiger partial charge is 0.226 e. The van der Waals surface area contributed by atoms with Gasteiger partial charge in [-0.05, 0) is 54.8 Å². The van der Waals surface area contributed by atoms with Gasteiger partial charge >= 0.3 is 0 Å². The molecule has 0 atom stereocenters. The monoisotopic (exact) mass is 383 g/mol. The molecule has 144 valence electrons. The third kappa shape index (κ3) is 4.73. The molecule has 4 rings (SSSR count). The molecule has 0 unspecified atom stereocenters. The maximum atomic E-state index is 13.0. The molecule has 2 aliphatic rings. The molecule has 1 aromatic heterocycles. The zero-order valence-corrected chi connectivity index (χ0v) is 16.8. The number of carbonyl (C=O) groups is 1. The van der Waals surface area contributed by atoms with Gasteiger partial charge in [-0.2, -0.15) is 0 Å². The molecule has 0 N–H and O–H groups in total. The van der Waals surface area contributed by atoms with Crippen LogP contribution in [0.5, 0.6) is 5.75 Å². The quantitative estimate of drug-likeness (QED) is 0.607. The minimum atomic E-state index is 0.274. The Labute approximate surface area is 166 Å². The Morgan fingerprint density at radius 1 is 1.07 bits per heavy atom. The van der Waals surface area contributed by atoms with Gasteiger partial charge in [-0.3, -0.25) is 4.79 Å². The number of nitrogens with zero attached hydrogens (tertiary/aromatic N) is 1. The summed E-state index contributed by atoms with van der Waals surface area (Å²) in [6.07, 6.45) is 9.14. The van der Waals surface area contributed by atoms with E-state index in [4.69, 9.17) is 4.74 Å². The molecule has 3 nitrogen and oxygen atoms in total. The van der Waals surface area contributed by atoms with E-state index in [0.717, 1.165) is 44.4 Å². The molecular formula is C23H29NO2S. The molecule has 0 saturated heterocycles. The van der Waals surface area contributed by atoms with Gasteiger partial charge < -0.3 is 9.64 Å². The minimum absolute atomic E-state index is 0.274. The van der Waals surface area contributed by atoms with Crippen LogP contribution in [0.25, 0.3) is 0 Å². The van der Waals surface area contributed by atoms with Gasteiger partial charge in [0.25, 0.3) is 0 Å². The number of hydrogen-bond acceptors (Lipinski definition) is 3. The molecule has 1 aromatic carbocycles. The lowest BCUT2D eigenvalue weighted by molar-refractivity contribution is -0.141. The summed E-state index contributed by atoms with van der Waals surface area (Å²) in [4.78, 5) is 16.5. The second-order valence-electron chi connectivity index (χ2n) is 7.86. The number of amides is 1. The summed E-state index contributed by atoms with van der Waals surface area (Å²) in [5.74, 6) is 1.57. The zero-order valence-electron chi connectivity index (χ0n) is 15.9. The van der Waals surface area contributed by atoms with Crippen molar-refractivity contribution in [2.24, 2.45) is 5.92 Å². The van der Waals surface area contributed by atoms with E-state index in [2.05, 4.69) is 40.6 Å². The van der Waals surface area contributed by atoms with Gasteiger partial charge in [0.05, 0.1) is 6.61 Å². The molecule has 2 aliphatic carbocycles. The maximum absolute atomic E-state index is 13.0. The van der Waals surface area contributed by atoms with Gasteiger partial charge in [0.2, 0.25) is 5.91 Å². The van der Waals surface area contributed by atoms with Crippen molar-refractivity contribution in [1.29, 1.82) is 0 Å². The average Bonchev–Trinajstić information content (AvgIpc) is 3.32. The van der Waals surface area contributed by atoms with Crippen LogP contribution >= 0.6 is 11.3 Å². The first kappa shape index (κ1) is 18.5. The van der Waals surface area contributed by atoms with Crippen LogP contribution in [-0.2, 0) is 17.8 Å². The summed E-state index contributed by atoms with van der Waals surface area (Å²) in [6.45, 7) is 1.42. The second-order valence-corrected chi connectivity index (χ2v) is 8.89. The van der Waals surface area contributed by atoms with Gasteiger partial charge in [0.1, 0.15) is 5.75 Å². The largest absolute Gasteiger partial charge is 0.493 e. The highest BCUT2D eigenvalue weighted by molar-refractivity contribution is 7.09. The Morgan fingerprint density at radius 2 is 1.93 bits per heavy atom. The van der Waals surface area contributed by atoms with Gasteiger partial charge in [-0.15, -0.1) is 11.3 Å². The van der Waals surface area contributed by atoms with Gasteiger partial charge in [-0.25, -0.2) is 0 Å². The van der Waals surface area contributed by atoms with Crippen molar-refractivity contribution >= 4 is 17.2 Å². The molecule has 2 aromatic rings. The third-order valence-electron chi connectivity index (χ3n) is 5.95. The van der Waals surface area contributed by atoms with Gasteiger partial charge in [0, 0.05) is 29.8 Å². The van der Waals surface area contributed by atoms with Crippen molar-refractivity contribution in [2.75, 3.05) is 6.61 Å². The highest BCUT2D eigenvalue weighted by atomic mass is 32.1. The van der Waals surface area contributed by atoms with E-state index in [9.17, 15) is 4.79 Å². The first-order valence-electron chi connectivity index (χ1n) is 10.3. The maximum Gasteiger partial charge on any atom is 0.226 e. The number of rotatable bonds is 8. The summed E-state index contributed by atoms with van der Waals surface area (Å²) < 4.78 is 5.97. The Morgan fingerprint density at radius 3 is 2.63 bits per heavy atom. The van der Waals surface area contributed by atoms with E-state index in [-0.39, 0.29) is 5.92 Å². The lowest BCUT2D eigenvalue weighted by Gasteiger charge is -2.35. The fraction of sp³-hybridized carbons (Fsp3) is 0.522. The van der Waals surface area contributed by atoms with Crippen LogP contribution in [0.3, 0.4) is 0 Å². The highest BCUT2D eigenvalue weighted by Crippen LogP contribution is 2.33. The molecule has 0 aliphatic heterocycles. The summed E-state index contributed by atoms with van der Waals surface area (Å²) in [7, 11) is 0. The average molecular weight is 384 g/mol. The molecule has 0 spiro atoms.